The highest BCUT2D eigenvalue weighted by Gasteiger charge is 2.53. The summed E-state index contributed by atoms with van der Waals surface area (Å²) in [6.07, 6.45) is -4.69. The fourth-order valence-corrected chi connectivity index (χ4v) is 2.84. The van der Waals surface area contributed by atoms with E-state index in [0.29, 0.717) is 0 Å². The Morgan fingerprint density at radius 2 is 1.91 bits per heavy atom. The summed E-state index contributed by atoms with van der Waals surface area (Å²) in [6, 6.07) is 0. The predicted molar refractivity (Wildman–Crippen MR) is 76.8 cm³/mol. The lowest BCUT2D eigenvalue weighted by molar-refractivity contribution is -0.187. The summed E-state index contributed by atoms with van der Waals surface area (Å²) in [4.78, 5) is 24.3. The smallest absolute Gasteiger partial charge is 0.394 e. The average molecular weight is 376 g/mol. The molecule has 2 atom stereocenters. The quantitative estimate of drug-likeness (QED) is 0.858. The summed E-state index contributed by atoms with van der Waals surface area (Å²) in [6.45, 7) is 0.290. The second-order valence-electron chi connectivity index (χ2n) is 5.18. The van der Waals surface area contributed by atoms with Crippen LogP contribution in [0.1, 0.15) is 16.1 Å². The summed E-state index contributed by atoms with van der Waals surface area (Å²) in [5.74, 6) is -6.09. The maximum absolute atomic E-state index is 12.9. The van der Waals surface area contributed by atoms with Gasteiger partial charge in [0.2, 0.25) is 0 Å². The van der Waals surface area contributed by atoms with E-state index in [1.807, 2.05) is 0 Å². The number of aryl methyl sites for hydroxylation is 2. The Labute approximate surface area is 140 Å². The molecule has 1 aliphatic heterocycles. The van der Waals surface area contributed by atoms with E-state index in [9.17, 15) is 22.8 Å². The van der Waals surface area contributed by atoms with Crippen LogP contribution in [-0.2, 0) is 11.8 Å². The average Bonchev–Trinajstić information content (AvgIpc) is 2.92. The molecule has 0 spiro atoms. The molecule has 0 radical (unpaired) electrons. The molecule has 1 aliphatic rings. The molecule has 0 unspecified atom stereocenters. The fourth-order valence-electron chi connectivity index (χ4n) is 2.58. The molecule has 1 amide bonds. The van der Waals surface area contributed by atoms with Gasteiger partial charge in [-0.1, -0.05) is 11.6 Å². The second kappa shape index (κ2) is 6.56. The number of carbonyl (C=O) groups excluding carboxylic acids is 1. The van der Waals surface area contributed by atoms with Crippen LogP contribution in [0.3, 0.4) is 0 Å². The number of hydrogen-bond acceptors (Lipinski definition) is 3. The van der Waals surface area contributed by atoms with Gasteiger partial charge in [-0.05, 0) is 6.92 Å². The van der Waals surface area contributed by atoms with Gasteiger partial charge in [0, 0.05) is 20.1 Å². The number of aliphatic carboxylic acids is 1. The Morgan fingerprint density at radius 3 is 2.26 bits per heavy atom. The molecule has 130 valence electrons. The van der Waals surface area contributed by atoms with Crippen molar-refractivity contribution >= 4 is 35.9 Å². The SMILES string of the molecule is Cc1nn(C)c(Cl)c1C(=O)N1C[C@@H](C(F)(F)F)[C@H](C(=O)O)C1.Cl. The van der Waals surface area contributed by atoms with Crippen molar-refractivity contribution in [3.8, 4) is 0 Å². The second-order valence-corrected chi connectivity index (χ2v) is 5.54. The predicted octanol–water partition coefficient (Wildman–Crippen LogP) is 2.14. The minimum absolute atomic E-state index is 0. The third kappa shape index (κ3) is 3.55. The number of aromatic nitrogens is 2. The molecular weight excluding hydrogens is 362 g/mol. The Bertz CT molecular complexity index is 633. The van der Waals surface area contributed by atoms with Gasteiger partial charge in [0.25, 0.3) is 5.91 Å². The molecule has 1 saturated heterocycles. The van der Waals surface area contributed by atoms with Gasteiger partial charge in [0.1, 0.15) is 5.15 Å². The van der Waals surface area contributed by atoms with Crippen molar-refractivity contribution in [1.82, 2.24) is 14.7 Å². The van der Waals surface area contributed by atoms with E-state index in [-0.39, 0.29) is 28.8 Å². The summed E-state index contributed by atoms with van der Waals surface area (Å²) in [5, 5.41) is 12.9. The van der Waals surface area contributed by atoms with E-state index in [1.165, 1.54) is 18.7 Å². The van der Waals surface area contributed by atoms with Crippen molar-refractivity contribution in [2.24, 2.45) is 18.9 Å². The topological polar surface area (TPSA) is 75.4 Å². The normalized spacial score (nSPS) is 21.2. The van der Waals surface area contributed by atoms with Crippen LogP contribution in [0.25, 0.3) is 0 Å². The number of carboxylic acid groups (broad SMARTS) is 1. The molecule has 6 nitrogen and oxygen atoms in total. The molecule has 11 heteroatoms. The highest BCUT2D eigenvalue weighted by molar-refractivity contribution is 6.33. The van der Waals surface area contributed by atoms with Gasteiger partial charge in [-0.2, -0.15) is 18.3 Å². The van der Waals surface area contributed by atoms with Crippen molar-refractivity contribution in [2.75, 3.05) is 13.1 Å². The summed E-state index contributed by atoms with van der Waals surface area (Å²) in [7, 11) is 1.49. The Balaban J connectivity index is 0.00000264. The first kappa shape index (κ1) is 19.6. The Hall–Kier alpha value is -1.48. The van der Waals surface area contributed by atoms with E-state index < -0.39 is 43.0 Å². The zero-order valence-electron chi connectivity index (χ0n) is 12.1. The van der Waals surface area contributed by atoms with Crippen LogP contribution in [0, 0.1) is 18.8 Å². The molecule has 1 aromatic rings. The van der Waals surface area contributed by atoms with Crippen LogP contribution in [0.15, 0.2) is 0 Å². The molecular formula is C12H14Cl2F3N3O3. The molecule has 1 aromatic heterocycles. The van der Waals surface area contributed by atoms with Crippen LogP contribution in [0.4, 0.5) is 13.2 Å². The lowest BCUT2D eigenvalue weighted by Crippen LogP contribution is -2.34. The third-order valence-electron chi connectivity index (χ3n) is 3.71. The lowest BCUT2D eigenvalue weighted by atomic mass is 9.96. The number of amides is 1. The first-order valence-corrected chi connectivity index (χ1v) is 6.69. The number of halogens is 5. The van der Waals surface area contributed by atoms with Crippen molar-refractivity contribution in [1.29, 1.82) is 0 Å². The van der Waals surface area contributed by atoms with Gasteiger partial charge in [-0.15, -0.1) is 12.4 Å². The molecule has 2 heterocycles. The minimum atomic E-state index is -4.69. The van der Waals surface area contributed by atoms with Crippen molar-refractivity contribution in [2.45, 2.75) is 13.1 Å². The van der Waals surface area contributed by atoms with Gasteiger partial charge < -0.3 is 10.0 Å². The van der Waals surface area contributed by atoms with Gasteiger partial charge in [-0.25, -0.2) is 0 Å². The van der Waals surface area contributed by atoms with Crippen LogP contribution in [0.5, 0.6) is 0 Å². The number of hydrogen-bond donors (Lipinski definition) is 1. The molecule has 0 aromatic carbocycles. The Morgan fingerprint density at radius 1 is 1.35 bits per heavy atom. The largest absolute Gasteiger partial charge is 0.481 e. The van der Waals surface area contributed by atoms with Crippen LogP contribution in [0.2, 0.25) is 5.15 Å². The number of rotatable bonds is 2. The maximum atomic E-state index is 12.9. The number of nitrogens with zero attached hydrogens (tertiary/aromatic N) is 3. The molecule has 1 fully saturated rings. The molecule has 23 heavy (non-hydrogen) atoms. The van der Waals surface area contributed by atoms with E-state index in [4.69, 9.17) is 16.7 Å². The van der Waals surface area contributed by atoms with Gasteiger partial charge >= 0.3 is 12.1 Å². The Kier molecular flexibility index (Phi) is 5.58. The standard InChI is InChI=1S/C12H13ClF3N3O3.ClH/c1-5-8(9(13)18(2)17-5)10(20)19-3-6(11(21)22)7(4-19)12(14,15)16;/h6-7H,3-4H2,1-2H3,(H,21,22);1H/t6-,7-;/m1./s1. The first-order chi connectivity index (χ1) is 10.0. The van der Waals surface area contributed by atoms with Gasteiger partial charge in [0.15, 0.2) is 0 Å². The van der Waals surface area contributed by atoms with Crippen molar-refractivity contribution in [3.05, 3.63) is 16.4 Å². The highest BCUT2D eigenvalue weighted by Crippen LogP contribution is 2.38. The first-order valence-electron chi connectivity index (χ1n) is 6.32. The summed E-state index contributed by atoms with van der Waals surface area (Å²) < 4.78 is 40.0. The minimum Gasteiger partial charge on any atom is -0.481 e. The number of carboxylic acids is 1. The summed E-state index contributed by atoms with van der Waals surface area (Å²) >= 11 is 5.93. The van der Waals surface area contributed by atoms with Crippen molar-refractivity contribution < 1.29 is 27.9 Å². The van der Waals surface area contributed by atoms with Crippen molar-refractivity contribution in [3.63, 3.8) is 0 Å². The summed E-state index contributed by atoms with van der Waals surface area (Å²) in [5.41, 5.74) is 0.274. The van der Waals surface area contributed by atoms with Crippen LogP contribution >= 0.6 is 24.0 Å². The maximum Gasteiger partial charge on any atom is 0.394 e. The molecule has 0 saturated carbocycles. The van der Waals surface area contributed by atoms with Gasteiger partial charge in [0.05, 0.1) is 23.1 Å². The lowest BCUT2D eigenvalue weighted by Gasteiger charge is -2.18. The fraction of sp³-hybridized carbons (Fsp3) is 0.583. The van der Waals surface area contributed by atoms with E-state index in [1.54, 1.807) is 0 Å². The number of carbonyl (C=O) groups is 2. The van der Waals surface area contributed by atoms with E-state index in [2.05, 4.69) is 5.10 Å². The molecule has 0 bridgehead atoms. The molecule has 0 aliphatic carbocycles. The number of alkyl halides is 3. The van der Waals surface area contributed by atoms with Gasteiger partial charge in [-0.3, -0.25) is 14.3 Å². The monoisotopic (exact) mass is 375 g/mol. The van der Waals surface area contributed by atoms with E-state index >= 15 is 0 Å². The zero-order chi connectivity index (χ0) is 16.8. The zero-order valence-corrected chi connectivity index (χ0v) is 13.7. The molecule has 2 rings (SSSR count). The third-order valence-corrected chi connectivity index (χ3v) is 4.14. The highest BCUT2D eigenvalue weighted by atomic mass is 35.5. The van der Waals surface area contributed by atoms with Crippen LogP contribution in [-0.4, -0.2) is 50.9 Å². The molecule has 1 N–H and O–H groups in total. The van der Waals surface area contributed by atoms with E-state index in [0.717, 1.165) is 4.90 Å². The van der Waals surface area contributed by atoms with Crippen LogP contribution < -0.4 is 0 Å². The number of likely N-dealkylation sites (tertiary alicyclic amines) is 1.